The topological polar surface area (TPSA) is 92.5 Å². The maximum Gasteiger partial charge on any atom is 0.296 e. The summed E-state index contributed by atoms with van der Waals surface area (Å²) < 4.78 is 14.2. The molecular weight excluding hydrogens is 365 g/mol. The lowest BCUT2D eigenvalue weighted by Gasteiger charge is -2.24. The Bertz CT molecular complexity index is 969. The Morgan fingerprint density at radius 1 is 1.29 bits per heavy atom. The summed E-state index contributed by atoms with van der Waals surface area (Å²) in [6.45, 7) is 2.01. The number of nitrogens with zero attached hydrogens (tertiary/aromatic N) is 3. The van der Waals surface area contributed by atoms with Gasteiger partial charge < -0.3 is 10.0 Å². The van der Waals surface area contributed by atoms with Gasteiger partial charge in [0.15, 0.2) is 11.5 Å². The van der Waals surface area contributed by atoms with Crippen LogP contribution in [-0.2, 0) is 18.3 Å². The number of rotatable bonds is 5. The number of halogens is 1. The molecule has 8 heteroatoms. The van der Waals surface area contributed by atoms with Gasteiger partial charge in [0, 0.05) is 26.9 Å². The van der Waals surface area contributed by atoms with Crippen LogP contribution in [0.5, 0.6) is 5.75 Å². The fourth-order valence-corrected chi connectivity index (χ4v) is 3.54. The molecule has 0 saturated carbocycles. The molecule has 0 radical (unpaired) electrons. The Kier molecular flexibility index (Phi) is 5.58. The number of benzene rings is 1. The summed E-state index contributed by atoms with van der Waals surface area (Å²) in [5.41, 5.74) is -0.238. The third kappa shape index (κ3) is 3.81. The number of hydrogen-bond donors (Lipinski definition) is 1. The van der Waals surface area contributed by atoms with Crippen LogP contribution < -0.4 is 5.56 Å². The molecule has 1 aliphatic heterocycles. The van der Waals surface area contributed by atoms with Crippen LogP contribution in [0, 0.1) is 5.82 Å². The van der Waals surface area contributed by atoms with Gasteiger partial charge in [-0.05, 0) is 37.0 Å². The first-order valence-electron chi connectivity index (χ1n) is 9.14. The van der Waals surface area contributed by atoms with Gasteiger partial charge in [-0.15, -0.1) is 0 Å². The fraction of sp³-hybridized carbons (Fsp3) is 0.400. The molecule has 0 bridgehead atoms. The average molecular weight is 387 g/mol. The molecule has 1 saturated heterocycles. The molecule has 1 fully saturated rings. The number of amides is 1. The molecule has 1 aromatic heterocycles. The van der Waals surface area contributed by atoms with E-state index in [2.05, 4.69) is 4.98 Å². The van der Waals surface area contributed by atoms with Gasteiger partial charge >= 0.3 is 0 Å². The lowest BCUT2D eigenvalue weighted by atomic mass is 10.1. The van der Waals surface area contributed by atoms with Crippen LogP contribution >= 0.6 is 0 Å². The van der Waals surface area contributed by atoms with Gasteiger partial charge in [-0.25, -0.2) is 9.37 Å². The minimum Gasteiger partial charge on any atom is -0.501 e. The Morgan fingerprint density at radius 3 is 2.61 bits per heavy atom. The second kappa shape index (κ2) is 7.92. The zero-order chi connectivity index (χ0) is 20.4. The minimum absolute atomic E-state index is 0.0138. The average Bonchev–Trinajstić information content (AvgIpc) is 3.15. The standard InChI is InChI=1S/C20H22FN3O4/c1-12(25)24-11-3-4-15(24)19-22-17(18(27)20(28)23(19)2)16(26)10-7-13-5-8-14(21)9-6-13/h5-6,8-9,15,27H,3-4,7,10-11H2,1-2H3. The second-order valence-corrected chi connectivity index (χ2v) is 6.95. The summed E-state index contributed by atoms with van der Waals surface area (Å²) in [5, 5.41) is 10.2. The van der Waals surface area contributed by atoms with E-state index in [-0.39, 0.29) is 23.8 Å². The summed E-state index contributed by atoms with van der Waals surface area (Å²) in [7, 11) is 1.47. The van der Waals surface area contributed by atoms with Gasteiger partial charge in [0.05, 0.1) is 6.04 Å². The highest BCUT2D eigenvalue weighted by molar-refractivity contribution is 5.96. The highest BCUT2D eigenvalue weighted by Gasteiger charge is 2.32. The fourth-order valence-electron chi connectivity index (χ4n) is 3.54. The summed E-state index contributed by atoms with van der Waals surface area (Å²) >= 11 is 0. The van der Waals surface area contributed by atoms with E-state index in [4.69, 9.17) is 0 Å². The smallest absolute Gasteiger partial charge is 0.296 e. The highest BCUT2D eigenvalue weighted by Crippen LogP contribution is 2.31. The van der Waals surface area contributed by atoms with E-state index in [1.54, 1.807) is 17.0 Å². The van der Waals surface area contributed by atoms with Crippen LogP contribution in [0.25, 0.3) is 0 Å². The molecule has 3 rings (SSSR count). The molecule has 1 atom stereocenters. The van der Waals surface area contributed by atoms with Crippen LogP contribution in [0.4, 0.5) is 4.39 Å². The summed E-state index contributed by atoms with van der Waals surface area (Å²) in [6, 6.07) is 5.37. The van der Waals surface area contributed by atoms with E-state index in [9.17, 15) is 23.9 Å². The summed E-state index contributed by atoms with van der Waals surface area (Å²) in [6.07, 6.45) is 1.75. The van der Waals surface area contributed by atoms with E-state index in [0.717, 1.165) is 12.0 Å². The van der Waals surface area contributed by atoms with Crippen LogP contribution in [0.3, 0.4) is 0 Å². The van der Waals surface area contributed by atoms with Crippen LogP contribution in [0.15, 0.2) is 29.1 Å². The number of ketones is 1. The number of carbonyl (C=O) groups excluding carboxylic acids is 2. The molecule has 1 aliphatic rings. The monoisotopic (exact) mass is 387 g/mol. The van der Waals surface area contributed by atoms with Gasteiger partial charge in [0.2, 0.25) is 11.7 Å². The molecular formula is C20H22FN3O4. The molecule has 148 valence electrons. The van der Waals surface area contributed by atoms with Crippen LogP contribution in [-0.4, -0.2) is 37.8 Å². The SMILES string of the molecule is CC(=O)N1CCCC1c1nc(C(=O)CCc2ccc(F)cc2)c(O)c(=O)n1C. The maximum absolute atomic E-state index is 13.0. The third-order valence-corrected chi connectivity index (χ3v) is 5.07. The van der Waals surface area contributed by atoms with E-state index in [1.165, 1.54) is 30.7 Å². The van der Waals surface area contributed by atoms with E-state index in [1.807, 2.05) is 0 Å². The first kappa shape index (κ1) is 19.7. The Balaban J connectivity index is 1.89. The molecule has 1 unspecified atom stereocenters. The van der Waals surface area contributed by atoms with Crippen molar-refractivity contribution in [3.8, 4) is 5.75 Å². The Morgan fingerprint density at radius 2 is 1.96 bits per heavy atom. The Labute approximate surface area is 161 Å². The second-order valence-electron chi connectivity index (χ2n) is 6.95. The number of aromatic hydroxyl groups is 1. The van der Waals surface area contributed by atoms with Gasteiger partial charge in [-0.3, -0.25) is 19.0 Å². The van der Waals surface area contributed by atoms with Gasteiger partial charge in [0.1, 0.15) is 11.6 Å². The van der Waals surface area contributed by atoms with Crippen LogP contribution in [0.1, 0.15) is 54.1 Å². The first-order valence-corrected chi connectivity index (χ1v) is 9.14. The van der Waals surface area contributed by atoms with Gasteiger partial charge in [-0.1, -0.05) is 12.1 Å². The van der Waals surface area contributed by atoms with E-state index in [0.29, 0.717) is 25.2 Å². The van der Waals surface area contributed by atoms with Crippen molar-refractivity contribution in [3.05, 3.63) is 57.5 Å². The van der Waals surface area contributed by atoms with Crippen molar-refractivity contribution in [2.24, 2.45) is 7.05 Å². The molecule has 0 aliphatic carbocycles. The third-order valence-electron chi connectivity index (χ3n) is 5.07. The number of aromatic nitrogens is 2. The van der Waals surface area contributed by atoms with Gasteiger partial charge in [0.25, 0.3) is 5.56 Å². The van der Waals surface area contributed by atoms with Crippen molar-refractivity contribution in [1.82, 2.24) is 14.5 Å². The molecule has 1 amide bonds. The normalized spacial score (nSPS) is 16.4. The number of hydrogen-bond acceptors (Lipinski definition) is 5. The lowest BCUT2D eigenvalue weighted by Crippen LogP contribution is -2.34. The van der Waals surface area contributed by atoms with Crippen molar-refractivity contribution >= 4 is 11.7 Å². The quantitative estimate of drug-likeness (QED) is 0.794. The van der Waals surface area contributed by atoms with Crippen molar-refractivity contribution in [2.45, 2.75) is 38.6 Å². The van der Waals surface area contributed by atoms with E-state index < -0.39 is 23.1 Å². The zero-order valence-electron chi connectivity index (χ0n) is 15.8. The van der Waals surface area contributed by atoms with Crippen molar-refractivity contribution in [2.75, 3.05) is 6.54 Å². The first-order chi connectivity index (χ1) is 13.3. The zero-order valence-corrected chi connectivity index (χ0v) is 15.8. The molecule has 2 heterocycles. The van der Waals surface area contributed by atoms with Crippen molar-refractivity contribution < 1.29 is 19.1 Å². The highest BCUT2D eigenvalue weighted by atomic mass is 19.1. The lowest BCUT2D eigenvalue weighted by molar-refractivity contribution is -0.129. The molecule has 28 heavy (non-hydrogen) atoms. The van der Waals surface area contributed by atoms with Crippen LogP contribution in [0.2, 0.25) is 0 Å². The molecule has 2 aromatic rings. The van der Waals surface area contributed by atoms with Crippen molar-refractivity contribution in [3.63, 3.8) is 0 Å². The predicted molar refractivity (Wildman–Crippen MR) is 99.6 cm³/mol. The maximum atomic E-state index is 13.0. The number of carbonyl (C=O) groups is 2. The summed E-state index contributed by atoms with van der Waals surface area (Å²) in [5.74, 6) is -1.37. The predicted octanol–water partition coefficient (Wildman–Crippen LogP) is 2.12. The number of likely N-dealkylation sites (tertiary alicyclic amines) is 1. The molecule has 0 spiro atoms. The Hall–Kier alpha value is -3.03. The molecule has 7 nitrogen and oxygen atoms in total. The summed E-state index contributed by atoms with van der Waals surface area (Å²) in [4.78, 5) is 42.8. The van der Waals surface area contributed by atoms with Crippen molar-refractivity contribution in [1.29, 1.82) is 0 Å². The van der Waals surface area contributed by atoms with Gasteiger partial charge in [-0.2, -0.15) is 0 Å². The molecule has 1 aromatic carbocycles. The minimum atomic E-state index is -0.717. The van der Waals surface area contributed by atoms with E-state index >= 15 is 0 Å². The molecule has 1 N–H and O–H groups in total. The number of Topliss-reactive ketones (excluding diaryl/α,β-unsaturated/α-hetero) is 1. The number of aryl methyl sites for hydroxylation is 1. The largest absolute Gasteiger partial charge is 0.501 e.